The zero-order valence-electron chi connectivity index (χ0n) is 17.2. The van der Waals surface area contributed by atoms with Crippen LogP contribution in [-0.4, -0.2) is 0 Å². The summed E-state index contributed by atoms with van der Waals surface area (Å²) in [5.41, 5.74) is 11.7. The van der Waals surface area contributed by atoms with Gasteiger partial charge in [0.25, 0.3) is 0 Å². The van der Waals surface area contributed by atoms with Gasteiger partial charge in [-0.25, -0.2) is 0 Å². The van der Waals surface area contributed by atoms with Crippen molar-refractivity contribution in [1.82, 2.24) is 0 Å². The van der Waals surface area contributed by atoms with Crippen LogP contribution in [0.4, 0.5) is 0 Å². The van der Waals surface area contributed by atoms with Gasteiger partial charge in [0.2, 0.25) is 0 Å². The Labute approximate surface area is 195 Å². The Hall–Kier alpha value is -2.77. The van der Waals surface area contributed by atoms with Crippen molar-refractivity contribution >= 4 is 23.3 Å². The van der Waals surface area contributed by atoms with Crippen LogP contribution in [0.25, 0.3) is 23.3 Å². The minimum absolute atomic E-state index is 0.585. The molecule has 2 atom stereocenters. The number of benzene rings is 4. The van der Waals surface area contributed by atoms with Crippen molar-refractivity contribution < 1.29 is 22.9 Å². The van der Waals surface area contributed by atoms with E-state index in [9.17, 15) is 0 Å². The topological polar surface area (TPSA) is 0 Å². The van der Waals surface area contributed by atoms with Crippen molar-refractivity contribution in [3.63, 3.8) is 0 Å². The van der Waals surface area contributed by atoms with Crippen LogP contribution >= 0.6 is 0 Å². The van der Waals surface area contributed by atoms with E-state index >= 15 is 0 Å². The maximum atomic E-state index is 2.45. The third-order valence-electron chi connectivity index (χ3n) is 6.41. The van der Waals surface area contributed by atoms with Crippen molar-refractivity contribution in [1.29, 1.82) is 0 Å². The van der Waals surface area contributed by atoms with Crippen LogP contribution < -0.4 is 0 Å². The predicted molar refractivity (Wildman–Crippen MR) is 127 cm³/mol. The molecule has 0 heterocycles. The molecule has 0 N–H and O–H groups in total. The summed E-state index contributed by atoms with van der Waals surface area (Å²) in [4.78, 5) is 0. The molecular weight excluding hydrogens is 539 g/mol. The zero-order valence-corrected chi connectivity index (χ0v) is 20.8. The van der Waals surface area contributed by atoms with Crippen LogP contribution in [0, 0.1) is 0 Å². The Morgan fingerprint density at radius 1 is 0.419 bits per heavy atom. The van der Waals surface area contributed by atoms with E-state index in [1.165, 1.54) is 33.4 Å². The van der Waals surface area contributed by atoms with E-state index in [0.29, 0.717) is 7.35 Å². The molecule has 4 aromatic rings. The number of allylic oxidation sites excluding steroid dienone is 2. The molecule has 0 fully saturated rings. The first-order valence-corrected chi connectivity index (χ1v) is 15.0. The predicted octanol–water partition coefficient (Wildman–Crippen LogP) is 7.66. The normalized spacial score (nSPS) is 18.7. The summed E-state index contributed by atoms with van der Waals surface area (Å²) in [5, 5.41) is 0. The number of hydrogen-bond acceptors (Lipinski definition) is 0. The van der Waals surface area contributed by atoms with Gasteiger partial charge in [0, 0.05) is 0 Å². The summed E-state index contributed by atoms with van der Waals surface area (Å²) in [6, 6.07) is 40.1. The van der Waals surface area contributed by atoms with Crippen LogP contribution in [0.3, 0.4) is 0 Å². The Bertz CT molecular complexity index is 1200. The molecule has 0 bridgehead atoms. The molecule has 0 radical (unpaired) electrons. The quantitative estimate of drug-likeness (QED) is 0.225. The van der Waals surface area contributed by atoms with Gasteiger partial charge in [-0.3, -0.25) is 0 Å². The van der Waals surface area contributed by atoms with Gasteiger partial charge in [0.1, 0.15) is 0 Å². The van der Waals surface area contributed by atoms with E-state index in [0.717, 1.165) is 0 Å². The first kappa shape index (κ1) is 19.0. The minimum atomic E-state index is -1.23. The number of fused-ring (bicyclic) bond motifs is 2. The van der Waals surface area contributed by atoms with Gasteiger partial charge < -0.3 is 0 Å². The van der Waals surface area contributed by atoms with Gasteiger partial charge in [-0.15, -0.1) is 0 Å². The molecule has 6 rings (SSSR count). The zero-order chi connectivity index (χ0) is 20.6. The fourth-order valence-electron chi connectivity index (χ4n) is 4.93. The van der Waals surface area contributed by atoms with Crippen LogP contribution in [0.5, 0.6) is 0 Å². The van der Waals surface area contributed by atoms with Crippen molar-refractivity contribution in [2.75, 3.05) is 0 Å². The van der Waals surface area contributed by atoms with Crippen LogP contribution in [0.1, 0.15) is 40.7 Å². The standard InChI is InChI=1S/2C15H11.Hf/c2*1-2-6-12(7-3-1)15-10-13-8-4-5-9-14(13)11-15;/h2*1-11H;. The molecule has 0 nitrogen and oxygen atoms in total. The van der Waals surface area contributed by atoms with Crippen molar-refractivity contribution in [2.45, 2.75) is 7.35 Å². The Morgan fingerprint density at radius 3 is 1.26 bits per heavy atom. The van der Waals surface area contributed by atoms with Gasteiger partial charge in [-0.2, -0.15) is 0 Å². The van der Waals surface area contributed by atoms with Crippen molar-refractivity contribution in [3.05, 3.63) is 143 Å². The van der Waals surface area contributed by atoms with E-state index < -0.39 is 22.9 Å². The average Bonchev–Trinajstić information content (AvgIpc) is 3.40. The third-order valence-corrected chi connectivity index (χ3v) is 13.3. The second kappa shape index (κ2) is 8.05. The second-order valence-electron chi connectivity index (χ2n) is 8.22. The summed E-state index contributed by atoms with van der Waals surface area (Å²) < 4.78 is 1.17. The molecule has 2 aliphatic rings. The van der Waals surface area contributed by atoms with Crippen LogP contribution in [-0.2, 0) is 22.9 Å². The first-order chi connectivity index (χ1) is 15.4. The van der Waals surface area contributed by atoms with E-state index in [1.807, 2.05) is 0 Å². The monoisotopic (exact) mass is 562 g/mol. The molecule has 0 saturated heterocycles. The SMILES string of the molecule is C1=C(c2ccccc2)[CH]([Hf][CH]2C(c3ccccc3)=Cc3ccccc32)c2ccccc21. The van der Waals surface area contributed by atoms with Crippen molar-refractivity contribution in [2.24, 2.45) is 0 Å². The average molecular weight is 561 g/mol. The molecule has 4 aromatic carbocycles. The van der Waals surface area contributed by atoms with E-state index in [2.05, 4.69) is 121 Å². The molecule has 146 valence electrons. The van der Waals surface area contributed by atoms with Gasteiger partial charge in [-0.05, 0) is 0 Å². The molecule has 0 saturated carbocycles. The van der Waals surface area contributed by atoms with Crippen LogP contribution in [0.15, 0.2) is 109 Å². The van der Waals surface area contributed by atoms with E-state index in [1.54, 1.807) is 11.1 Å². The maximum absolute atomic E-state index is 2.45. The molecule has 31 heavy (non-hydrogen) atoms. The molecular formula is C30H22Hf. The van der Waals surface area contributed by atoms with Crippen molar-refractivity contribution in [3.8, 4) is 0 Å². The van der Waals surface area contributed by atoms with Gasteiger partial charge in [0.15, 0.2) is 0 Å². The summed E-state index contributed by atoms with van der Waals surface area (Å²) in [6.45, 7) is 0. The molecule has 0 amide bonds. The van der Waals surface area contributed by atoms with E-state index in [-0.39, 0.29) is 0 Å². The number of hydrogen-bond donors (Lipinski definition) is 0. The molecule has 0 spiro atoms. The Kier molecular flexibility index (Phi) is 4.92. The van der Waals surface area contributed by atoms with Gasteiger partial charge in [0.05, 0.1) is 0 Å². The summed E-state index contributed by atoms with van der Waals surface area (Å²) in [7, 11) is 0. The Morgan fingerprint density at radius 2 is 0.806 bits per heavy atom. The van der Waals surface area contributed by atoms with Crippen LogP contribution in [0.2, 0.25) is 0 Å². The number of rotatable bonds is 4. The third kappa shape index (κ3) is 3.42. The fraction of sp³-hybridized carbons (Fsp3) is 0.0667. The molecule has 1 heteroatoms. The summed E-state index contributed by atoms with van der Waals surface area (Å²) in [6.07, 6.45) is 4.91. The summed E-state index contributed by atoms with van der Waals surface area (Å²) in [5.74, 6) is 0. The van der Waals surface area contributed by atoms with E-state index in [4.69, 9.17) is 0 Å². The molecule has 2 aliphatic carbocycles. The molecule has 2 unspecified atom stereocenters. The van der Waals surface area contributed by atoms with Gasteiger partial charge >= 0.3 is 196 Å². The second-order valence-corrected chi connectivity index (χ2v) is 13.6. The Balaban J connectivity index is 1.45. The molecule has 0 aromatic heterocycles. The molecule has 0 aliphatic heterocycles. The summed E-state index contributed by atoms with van der Waals surface area (Å²) >= 11 is -1.23. The first-order valence-electron chi connectivity index (χ1n) is 10.9. The van der Waals surface area contributed by atoms with Gasteiger partial charge in [-0.1, -0.05) is 0 Å². The fourth-order valence-corrected chi connectivity index (χ4v) is 12.4.